The van der Waals surface area contributed by atoms with Gasteiger partial charge in [-0.2, -0.15) is 11.8 Å². The van der Waals surface area contributed by atoms with Crippen molar-refractivity contribution in [2.24, 2.45) is 5.73 Å². The van der Waals surface area contributed by atoms with E-state index in [-0.39, 0.29) is 0 Å². The zero-order chi connectivity index (χ0) is 12.3. The third-order valence-corrected chi connectivity index (χ3v) is 4.71. The molecule has 1 aromatic rings. The highest BCUT2D eigenvalue weighted by Crippen LogP contribution is 2.28. The van der Waals surface area contributed by atoms with Gasteiger partial charge in [0.25, 0.3) is 0 Å². The van der Waals surface area contributed by atoms with Gasteiger partial charge in [0.1, 0.15) is 0 Å². The van der Waals surface area contributed by atoms with E-state index >= 15 is 0 Å². The van der Waals surface area contributed by atoms with E-state index in [4.69, 9.17) is 5.73 Å². The molecule has 2 nitrogen and oxygen atoms in total. The smallest absolute Gasteiger partial charge is 0.0411 e. The highest BCUT2D eigenvalue weighted by Gasteiger charge is 2.19. The third kappa shape index (κ3) is 2.96. The Morgan fingerprint density at radius 1 is 1.35 bits per heavy atom. The Balaban J connectivity index is 2.12. The van der Waals surface area contributed by atoms with Crippen LogP contribution in [0.3, 0.4) is 0 Å². The largest absolute Gasteiger partial charge is 0.371 e. The van der Waals surface area contributed by atoms with Crippen LogP contribution in [0, 0.1) is 6.92 Å². The SMILES string of the molecule is CSC1CCN(c2ccc(C)cc2CN)CC1. The standard InChI is InChI=1S/C14H22N2S/c1-11-3-4-14(12(9-11)10-15)16-7-5-13(17-2)6-8-16/h3-4,9,13H,5-8,10,15H2,1-2H3. The van der Waals surface area contributed by atoms with Crippen LogP contribution in [0.1, 0.15) is 24.0 Å². The topological polar surface area (TPSA) is 29.3 Å². The fourth-order valence-electron chi connectivity index (χ4n) is 2.52. The first-order chi connectivity index (χ1) is 8.24. The van der Waals surface area contributed by atoms with Crippen molar-refractivity contribution in [1.29, 1.82) is 0 Å². The number of nitrogens with zero attached hydrogens (tertiary/aromatic N) is 1. The van der Waals surface area contributed by atoms with E-state index in [1.54, 1.807) is 0 Å². The monoisotopic (exact) mass is 250 g/mol. The lowest BCUT2D eigenvalue weighted by Gasteiger charge is -2.34. The average Bonchev–Trinajstić information content (AvgIpc) is 2.39. The maximum atomic E-state index is 5.85. The first kappa shape index (κ1) is 12.8. The van der Waals surface area contributed by atoms with Crippen LogP contribution in [0.2, 0.25) is 0 Å². The fourth-order valence-corrected chi connectivity index (χ4v) is 3.20. The van der Waals surface area contributed by atoms with Crippen molar-refractivity contribution in [2.75, 3.05) is 24.2 Å². The minimum Gasteiger partial charge on any atom is -0.371 e. The number of benzene rings is 1. The number of aryl methyl sites for hydroxylation is 1. The summed E-state index contributed by atoms with van der Waals surface area (Å²) < 4.78 is 0. The molecule has 0 bridgehead atoms. The third-order valence-electron chi connectivity index (χ3n) is 3.57. The van der Waals surface area contributed by atoms with Gasteiger partial charge < -0.3 is 10.6 Å². The summed E-state index contributed by atoms with van der Waals surface area (Å²) in [5.41, 5.74) is 9.78. The molecule has 17 heavy (non-hydrogen) atoms. The Morgan fingerprint density at radius 3 is 2.65 bits per heavy atom. The van der Waals surface area contributed by atoms with Crippen molar-refractivity contribution >= 4 is 17.4 Å². The Morgan fingerprint density at radius 2 is 2.06 bits per heavy atom. The van der Waals surface area contributed by atoms with Crippen molar-refractivity contribution in [3.8, 4) is 0 Å². The predicted octanol–water partition coefficient (Wildman–Crippen LogP) is 2.79. The average molecular weight is 250 g/mol. The van der Waals surface area contributed by atoms with Crippen LogP contribution in [0.4, 0.5) is 5.69 Å². The predicted molar refractivity (Wildman–Crippen MR) is 77.8 cm³/mol. The van der Waals surface area contributed by atoms with E-state index in [0.717, 1.165) is 5.25 Å². The Labute approximate surface area is 109 Å². The van der Waals surface area contributed by atoms with Crippen LogP contribution in [-0.4, -0.2) is 24.6 Å². The van der Waals surface area contributed by atoms with Gasteiger partial charge in [-0.3, -0.25) is 0 Å². The van der Waals surface area contributed by atoms with Crippen LogP contribution >= 0.6 is 11.8 Å². The number of nitrogens with two attached hydrogens (primary N) is 1. The lowest BCUT2D eigenvalue weighted by Crippen LogP contribution is -2.35. The molecule has 0 aliphatic carbocycles. The highest BCUT2D eigenvalue weighted by atomic mass is 32.2. The quantitative estimate of drug-likeness (QED) is 0.894. The molecule has 2 N–H and O–H groups in total. The number of piperidine rings is 1. The summed E-state index contributed by atoms with van der Waals surface area (Å²) in [5.74, 6) is 0. The summed E-state index contributed by atoms with van der Waals surface area (Å²) in [7, 11) is 0. The summed E-state index contributed by atoms with van der Waals surface area (Å²) >= 11 is 2.00. The Kier molecular flexibility index (Phi) is 4.35. The molecule has 1 saturated heterocycles. The van der Waals surface area contributed by atoms with Gasteiger partial charge in [0.2, 0.25) is 0 Å². The number of anilines is 1. The lowest BCUT2D eigenvalue weighted by molar-refractivity contribution is 0.590. The van der Waals surface area contributed by atoms with Crippen molar-refractivity contribution in [2.45, 2.75) is 31.6 Å². The van der Waals surface area contributed by atoms with Crippen LogP contribution in [0.5, 0.6) is 0 Å². The summed E-state index contributed by atoms with van der Waals surface area (Å²) in [4.78, 5) is 2.49. The number of thioether (sulfide) groups is 1. The van der Waals surface area contributed by atoms with E-state index in [9.17, 15) is 0 Å². The Bertz CT molecular complexity index is 370. The van der Waals surface area contributed by atoms with Crippen molar-refractivity contribution in [1.82, 2.24) is 0 Å². The van der Waals surface area contributed by atoms with E-state index < -0.39 is 0 Å². The lowest BCUT2D eigenvalue weighted by atomic mass is 10.0. The molecule has 0 amide bonds. The first-order valence-corrected chi connectivity index (χ1v) is 7.60. The van der Waals surface area contributed by atoms with E-state index in [0.29, 0.717) is 6.54 Å². The fraction of sp³-hybridized carbons (Fsp3) is 0.571. The molecule has 0 unspecified atom stereocenters. The zero-order valence-corrected chi connectivity index (χ0v) is 11.6. The maximum Gasteiger partial charge on any atom is 0.0411 e. The number of hydrogen-bond donors (Lipinski definition) is 1. The van der Waals surface area contributed by atoms with Gasteiger partial charge in [-0.05, 0) is 37.7 Å². The maximum absolute atomic E-state index is 5.85. The molecule has 0 atom stereocenters. The van der Waals surface area contributed by atoms with Gasteiger partial charge in [-0.1, -0.05) is 17.7 Å². The molecule has 1 aromatic carbocycles. The molecule has 2 rings (SSSR count). The number of rotatable bonds is 3. The summed E-state index contributed by atoms with van der Waals surface area (Å²) in [6, 6.07) is 6.64. The van der Waals surface area contributed by atoms with E-state index in [1.165, 1.54) is 42.7 Å². The minimum atomic E-state index is 0.638. The van der Waals surface area contributed by atoms with Crippen LogP contribution in [0.25, 0.3) is 0 Å². The second-order valence-electron chi connectivity index (χ2n) is 4.76. The molecule has 94 valence electrons. The van der Waals surface area contributed by atoms with E-state index in [2.05, 4.69) is 36.3 Å². The molecule has 1 heterocycles. The molecule has 0 spiro atoms. The summed E-state index contributed by atoms with van der Waals surface area (Å²) in [6.07, 6.45) is 4.80. The minimum absolute atomic E-state index is 0.638. The normalized spacial score (nSPS) is 17.5. The second kappa shape index (κ2) is 5.78. The van der Waals surface area contributed by atoms with Gasteiger partial charge in [0.15, 0.2) is 0 Å². The molecule has 1 aliphatic rings. The Hall–Kier alpha value is -0.670. The summed E-state index contributed by atoms with van der Waals surface area (Å²) in [5, 5.41) is 0.845. The van der Waals surface area contributed by atoms with Crippen LogP contribution in [-0.2, 0) is 6.54 Å². The highest BCUT2D eigenvalue weighted by molar-refractivity contribution is 7.99. The first-order valence-electron chi connectivity index (χ1n) is 6.32. The molecule has 0 radical (unpaired) electrons. The van der Waals surface area contributed by atoms with Crippen LogP contribution in [0.15, 0.2) is 18.2 Å². The molecule has 1 aliphatic heterocycles. The van der Waals surface area contributed by atoms with Crippen LogP contribution < -0.4 is 10.6 Å². The molecule has 3 heteroatoms. The second-order valence-corrected chi connectivity index (χ2v) is 5.90. The molecule has 1 fully saturated rings. The molecular formula is C14H22N2S. The molecule has 0 aromatic heterocycles. The van der Waals surface area contributed by atoms with Gasteiger partial charge in [-0.15, -0.1) is 0 Å². The van der Waals surface area contributed by atoms with Gasteiger partial charge in [0, 0.05) is 30.6 Å². The van der Waals surface area contributed by atoms with Crippen molar-refractivity contribution in [3.63, 3.8) is 0 Å². The van der Waals surface area contributed by atoms with Gasteiger partial charge in [0.05, 0.1) is 0 Å². The van der Waals surface area contributed by atoms with Crippen molar-refractivity contribution in [3.05, 3.63) is 29.3 Å². The molecular weight excluding hydrogens is 228 g/mol. The van der Waals surface area contributed by atoms with E-state index in [1.807, 2.05) is 11.8 Å². The molecule has 0 saturated carbocycles. The zero-order valence-electron chi connectivity index (χ0n) is 10.8. The van der Waals surface area contributed by atoms with Gasteiger partial charge >= 0.3 is 0 Å². The van der Waals surface area contributed by atoms with Crippen molar-refractivity contribution < 1.29 is 0 Å². The summed E-state index contributed by atoms with van der Waals surface area (Å²) in [6.45, 7) is 5.10. The number of hydrogen-bond acceptors (Lipinski definition) is 3. The van der Waals surface area contributed by atoms with Gasteiger partial charge in [-0.25, -0.2) is 0 Å².